The van der Waals surface area contributed by atoms with Crippen molar-refractivity contribution in [2.45, 2.75) is 13.3 Å². The molecular formula is C12H12N2O4. The minimum absolute atomic E-state index is 0.111. The Morgan fingerprint density at radius 2 is 2.11 bits per heavy atom. The molecular weight excluding hydrogens is 236 g/mol. The van der Waals surface area contributed by atoms with Crippen LogP contribution in [0.2, 0.25) is 0 Å². The van der Waals surface area contributed by atoms with Crippen molar-refractivity contribution in [1.29, 1.82) is 0 Å². The lowest BCUT2D eigenvalue weighted by Gasteiger charge is -2.28. The molecule has 1 fully saturated rings. The lowest BCUT2D eigenvalue weighted by molar-refractivity contribution is -0.120. The second kappa shape index (κ2) is 4.48. The van der Waals surface area contributed by atoms with E-state index >= 15 is 0 Å². The van der Waals surface area contributed by atoms with E-state index in [0.29, 0.717) is 5.69 Å². The molecule has 0 atom stereocenters. The van der Waals surface area contributed by atoms with Crippen molar-refractivity contribution in [3.63, 3.8) is 0 Å². The van der Waals surface area contributed by atoms with Crippen LogP contribution in [-0.4, -0.2) is 29.6 Å². The Hall–Kier alpha value is -2.37. The van der Waals surface area contributed by atoms with E-state index < -0.39 is 12.0 Å². The fraction of sp³-hybridized carbons (Fsp3) is 0.250. The topological polar surface area (TPSA) is 86.7 Å². The van der Waals surface area contributed by atoms with Crippen molar-refractivity contribution >= 4 is 23.6 Å². The third-order valence-electron chi connectivity index (χ3n) is 2.80. The molecule has 0 bridgehead atoms. The van der Waals surface area contributed by atoms with Gasteiger partial charge in [0.15, 0.2) is 0 Å². The largest absolute Gasteiger partial charge is 0.478 e. The van der Waals surface area contributed by atoms with E-state index in [-0.39, 0.29) is 24.4 Å². The normalized spacial score (nSPS) is 15.5. The number of aromatic carboxylic acids is 1. The Balaban J connectivity index is 2.38. The number of amides is 3. The number of anilines is 1. The number of urea groups is 1. The fourth-order valence-corrected chi connectivity index (χ4v) is 1.83. The van der Waals surface area contributed by atoms with Crippen molar-refractivity contribution in [3.05, 3.63) is 29.3 Å². The molecule has 1 aliphatic rings. The van der Waals surface area contributed by atoms with Gasteiger partial charge in [-0.2, -0.15) is 0 Å². The third-order valence-corrected chi connectivity index (χ3v) is 2.80. The summed E-state index contributed by atoms with van der Waals surface area (Å²) in [6, 6.07) is 4.04. The molecule has 2 N–H and O–H groups in total. The molecule has 0 aromatic heterocycles. The Morgan fingerprint density at radius 1 is 1.39 bits per heavy atom. The van der Waals surface area contributed by atoms with Gasteiger partial charge in [-0.25, -0.2) is 9.59 Å². The van der Waals surface area contributed by atoms with Gasteiger partial charge in [0.25, 0.3) is 0 Å². The Morgan fingerprint density at radius 3 is 2.72 bits per heavy atom. The van der Waals surface area contributed by atoms with E-state index in [1.165, 1.54) is 17.0 Å². The van der Waals surface area contributed by atoms with Gasteiger partial charge in [-0.15, -0.1) is 0 Å². The number of carboxylic acids is 1. The number of nitrogens with one attached hydrogen (secondary N) is 1. The monoisotopic (exact) mass is 248 g/mol. The summed E-state index contributed by atoms with van der Waals surface area (Å²) in [6.45, 7) is 2.04. The highest BCUT2D eigenvalue weighted by Crippen LogP contribution is 2.23. The maximum absolute atomic E-state index is 11.7. The van der Waals surface area contributed by atoms with Crippen LogP contribution in [0.3, 0.4) is 0 Å². The van der Waals surface area contributed by atoms with E-state index in [4.69, 9.17) is 5.11 Å². The summed E-state index contributed by atoms with van der Waals surface area (Å²) in [7, 11) is 0. The molecule has 0 aliphatic carbocycles. The first-order chi connectivity index (χ1) is 8.49. The van der Waals surface area contributed by atoms with Crippen molar-refractivity contribution in [3.8, 4) is 0 Å². The van der Waals surface area contributed by atoms with Crippen LogP contribution in [0.15, 0.2) is 18.2 Å². The molecule has 2 rings (SSSR count). The van der Waals surface area contributed by atoms with Gasteiger partial charge in [0, 0.05) is 18.7 Å². The van der Waals surface area contributed by atoms with E-state index in [2.05, 4.69) is 5.32 Å². The zero-order chi connectivity index (χ0) is 13.3. The third kappa shape index (κ3) is 2.17. The van der Waals surface area contributed by atoms with Gasteiger partial charge in [-0.3, -0.25) is 15.0 Å². The number of hydrogen-bond acceptors (Lipinski definition) is 3. The Labute approximate surface area is 103 Å². The Bertz CT molecular complexity index is 539. The van der Waals surface area contributed by atoms with Gasteiger partial charge in [0.1, 0.15) is 0 Å². The fourth-order valence-electron chi connectivity index (χ4n) is 1.83. The first-order valence-electron chi connectivity index (χ1n) is 5.44. The number of hydrogen-bond donors (Lipinski definition) is 2. The summed E-state index contributed by atoms with van der Waals surface area (Å²) >= 11 is 0. The summed E-state index contributed by atoms with van der Waals surface area (Å²) in [4.78, 5) is 35.0. The van der Waals surface area contributed by atoms with Crippen molar-refractivity contribution < 1.29 is 19.5 Å². The number of carboxylic acid groups (broad SMARTS) is 1. The number of imide groups is 1. The van der Waals surface area contributed by atoms with Crippen molar-refractivity contribution in [2.24, 2.45) is 0 Å². The number of carbonyl (C=O) groups is 3. The summed E-state index contributed by atoms with van der Waals surface area (Å²) < 4.78 is 0. The zero-order valence-electron chi connectivity index (χ0n) is 9.77. The summed E-state index contributed by atoms with van der Waals surface area (Å²) in [5, 5.41) is 11.1. The van der Waals surface area contributed by atoms with Crippen LogP contribution in [-0.2, 0) is 4.79 Å². The SMILES string of the molecule is Cc1ccc(C(=O)O)cc1N1CCC(=O)NC1=O. The molecule has 0 unspecified atom stereocenters. The van der Waals surface area contributed by atoms with Gasteiger partial charge < -0.3 is 5.11 Å². The van der Waals surface area contributed by atoms with Crippen LogP contribution in [0.5, 0.6) is 0 Å². The minimum Gasteiger partial charge on any atom is -0.478 e. The molecule has 1 aromatic rings. The predicted octanol–water partition coefficient (Wildman–Crippen LogP) is 1.14. The van der Waals surface area contributed by atoms with Crippen LogP contribution in [0.25, 0.3) is 0 Å². The molecule has 1 aromatic carbocycles. The van der Waals surface area contributed by atoms with Crippen LogP contribution in [0, 0.1) is 6.92 Å². The first kappa shape index (κ1) is 12.1. The number of benzene rings is 1. The van der Waals surface area contributed by atoms with E-state index in [1.807, 2.05) is 0 Å². The molecule has 1 saturated heterocycles. The highest BCUT2D eigenvalue weighted by molar-refractivity contribution is 6.06. The molecule has 1 heterocycles. The van der Waals surface area contributed by atoms with Gasteiger partial charge in [-0.1, -0.05) is 6.07 Å². The summed E-state index contributed by atoms with van der Waals surface area (Å²) in [5.41, 5.74) is 1.41. The van der Waals surface area contributed by atoms with Crippen molar-refractivity contribution in [1.82, 2.24) is 5.32 Å². The number of rotatable bonds is 2. The van der Waals surface area contributed by atoms with E-state index in [0.717, 1.165) is 5.56 Å². The lowest BCUT2D eigenvalue weighted by Crippen LogP contribution is -2.49. The predicted molar refractivity (Wildman–Crippen MR) is 63.6 cm³/mol. The molecule has 18 heavy (non-hydrogen) atoms. The van der Waals surface area contributed by atoms with Gasteiger partial charge in [0.05, 0.1) is 5.56 Å². The smallest absolute Gasteiger partial charge is 0.335 e. The Kier molecular flexibility index (Phi) is 3.01. The second-order valence-electron chi connectivity index (χ2n) is 4.06. The maximum atomic E-state index is 11.7. The van der Waals surface area contributed by atoms with Gasteiger partial charge in [-0.05, 0) is 24.6 Å². The van der Waals surface area contributed by atoms with Crippen molar-refractivity contribution in [2.75, 3.05) is 11.4 Å². The summed E-state index contributed by atoms with van der Waals surface area (Å²) in [6.07, 6.45) is 0.211. The number of nitrogens with zero attached hydrogens (tertiary/aromatic N) is 1. The quantitative estimate of drug-likeness (QED) is 0.821. The zero-order valence-corrected chi connectivity index (χ0v) is 9.77. The molecule has 0 spiro atoms. The highest BCUT2D eigenvalue weighted by Gasteiger charge is 2.25. The molecule has 1 aliphatic heterocycles. The van der Waals surface area contributed by atoms with Gasteiger partial charge >= 0.3 is 12.0 Å². The van der Waals surface area contributed by atoms with Gasteiger partial charge in [0.2, 0.25) is 5.91 Å². The number of carbonyl (C=O) groups excluding carboxylic acids is 2. The van der Waals surface area contributed by atoms with Crippen LogP contribution < -0.4 is 10.2 Å². The first-order valence-corrected chi connectivity index (χ1v) is 5.44. The average Bonchev–Trinajstić information content (AvgIpc) is 2.30. The maximum Gasteiger partial charge on any atom is 0.335 e. The highest BCUT2D eigenvalue weighted by atomic mass is 16.4. The standard InChI is InChI=1S/C12H12N2O4/c1-7-2-3-8(11(16)17)6-9(7)14-5-4-10(15)13-12(14)18/h2-3,6H,4-5H2,1H3,(H,16,17)(H,13,15,18). The van der Waals surface area contributed by atoms with Crippen LogP contribution in [0.4, 0.5) is 10.5 Å². The van der Waals surface area contributed by atoms with Crippen LogP contribution in [0.1, 0.15) is 22.3 Å². The van der Waals surface area contributed by atoms with E-state index in [9.17, 15) is 14.4 Å². The molecule has 0 radical (unpaired) electrons. The molecule has 6 nitrogen and oxygen atoms in total. The lowest BCUT2D eigenvalue weighted by atomic mass is 10.1. The van der Waals surface area contributed by atoms with Crippen LogP contribution >= 0.6 is 0 Å². The molecule has 94 valence electrons. The average molecular weight is 248 g/mol. The second-order valence-corrected chi connectivity index (χ2v) is 4.06. The molecule has 6 heteroatoms. The van der Waals surface area contributed by atoms with E-state index in [1.54, 1.807) is 13.0 Å². The number of aryl methyl sites for hydroxylation is 1. The minimum atomic E-state index is -1.05. The molecule has 0 saturated carbocycles. The summed E-state index contributed by atoms with van der Waals surface area (Å²) in [5.74, 6) is -1.37. The molecule has 3 amide bonds.